The summed E-state index contributed by atoms with van der Waals surface area (Å²) in [6.45, 7) is 3.93. The number of sulfonamides is 1. The van der Waals surface area contributed by atoms with Crippen LogP contribution in [0.4, 0.5) is 5.69 Å². The molecule has 0 spiro atoms. The molecule has 0 bridgehead atoms. The highest BCUT2D eigenvalue weighted by atomic mass is 32.2. The fraction of sp³-hybridized carbons (Fsp3) is 0.316. The SMILES string of the molecule is Cc1cccc(N(C(C)C(=O)N(C)Cc2ccccc2)S(C)(=O)=O)c1. The molecule has 1 amide bonds. The van der Waals surface area contributed by atoms with Crippen LogP contribution in [0.3, 0.4) is 0 Å². The van der Waals surface area contributed by atoms with Gasteiger partial charge in [0.05, 0.1) is 11.9 Å². The van der Waals surface area contributed by atoms with E-state index in [1.165, 1.54) is 4.31 Å². The second-order valence-electron chi connectivity index (χ2n) is 6.25. The first-order valence-electron chi connectivity index (χ1n) is 8.05. The molecule has 0 heterocycles. The van der Waals surface area contributed by atoms with Crippen LogP contribution in [0.5, 0.6) is 0 Å². The highest BCUT2D eigenvalue weighted by Gasteiger charge is 2.30. The Labute approximate surface area is 149 Å². The van der Waals surface area contributed by atoms with Crippen molar-refractivity contribution in [2.24, 2.45) is 0 Å². The Hall–Kier alpha value is -2.34. The first-order chi connectivity index (χ1) is 11.7. The van der Waals surface area contributed by atoms with E-state index >= 15 is 0 Å². The first-order valence-corrected chi connectivity index (χ1v) is 9.90. The van der Waals surface area contributed by atoms with E-state index in [-0.39, 0.29) is 5.91 Å². The number of carbonyl (C=O) groups is 1. The second-order valence-corrected chi connectivity index (χ2v) is 8.11. The van der Waals surface area contributed by atoms with Crippen LogP contribution in [0.15, 0.2) is 54.6 Å². The Morgan fingerprint density at radius 1 is 1.08 bits per heavy atom. The highest BCUT2D eigenvalue weighted by Crippen LogP contribution is 2.23. The summed E-state index contributed by atoms with van der Waals surface area (Å²) in [7, 11) is -1.92. The summed E-state index contributed by atoms with van der Waals surface area (Å²) in [5.74, 6) is -0.254. The number of anilines is 1. The molecule has 0 fully saturated rings. The van der Waals surface area contributed by atoms with Crippen molar-refractivity contribution in [3.05, 3.63) is 65.7 Å². The lowest BCUT2D eigenvalue weighted by Gasteiger charge is -2.31. The van der Waals surface area contributed by atoms with Gasteiger partial charge in [0.1, 0.15) is 6.04 Å². The van der Waals surface area contributed by atoms with Gasteiger partial charge in [-0.3, -0.25) is 9.10 Å². The normalized spacial score (nSPS) is 12.5. The predicted molar refractivity (Wildman–Crippen MR) is 101 cm³/mol. The predicted octanol–water partition coefficient (Wildman–Crippen LogP) is 2.81. The van der Waals surface area contributed by atoms with E-state index in [1.807, 2.05) is 43.3 Å². The van der Waals surface area contributed by atoms with E-state index in [0.717, 1.165) is 17.4 Å². The smallest absolute Gasteiger partial charge is 0.246 e. The molecule has 1 atom stereocenters. The topological polar surface area (TPSA) is 57.7 Å². The molecule has 2 rings (SSSR count). The summed E-state index contributed by atoms with van der Waals surface area (Å²) in [5, 5.41) is 0. The van der Waals surface area contributed by atoms with Crippen molar-refractivity contribution in [2.75, 3.05) is 17.6 Å². The maximum absolute atomic E-state index is 12.8. The average molecular weight is 360 g/mol. The highest BCUT2D eigenvalue weighted by molar-refractivity contribution is 7.92. The average Bonchev–Trinajstić information content (AvgIpc) is 2.54. The van der Waals surface area contributed by atoms with Gasteiger partial charge in [-0.15, -0.1) is 0 Å². The molecule has 134 valence electrons. The molecule has 0 saturated heterocycles. The Bertz CT molecular complexity index is 835. The molecule has 5 nitrogen and oxygen atoms in total. The van der Waals surface area contributed by atoms with Crippen molar-refractivity contribution in [1.29, 1.82) is 0 Å². The summed E-state index contributed by atoms with van der Waals surface area (Å²) in [6.07, 6.45) is 1.12. The van der Waals surface area contributed by atoms with Crippen molar-refractivity contribution in [3.8, 4) is 0 Å². The Morgan fingerprint density at radius 2 is 1.72 bits per heavy atom. The van der Waals surface area contributed by atoms with Crippen LogP contribution in [0, 0.1) is 6.92 Å². The van der Waals surface area contributed by atoms with Crippen molar-refractivity contribution < 1.29 is 13.2 Å². The van der Waals surface area contributed by atoms with Crippen LogP contribution in [0.25, 0.3) is 0 Å². The van der Waals surface area contributed by atoms with Crippen LogP contribution in [0.2, 0.25) is 0 Å². The van der Waals surface area contributed by atoms with Gasteiger partial charge >= 0.3 is 0 Å². The quantitative estimate of drug-likeness (QED) is 0.796. The first kappa shape index (κ1) is 19.0. The van der Waals surface area contributed by atoms with Crippen molar-refractivity contribution in [3.63, 3.8) is 0 Å². The van der Waals surface area contributed by atoms with Gasteiger partial charge in [0.15, 0.2) is 0 Å². The van der Waals surface area contributed by atoms with Gasteiger partial charge < -0.3 is 4.90 Å². The van der Waals surface area contributed by atoms with E-state index in [9.17, 15) is 13.2 Å². The van der Waals surface area contributed by atoms with Crippen LogP contribution in [-0.2, 0) is 21.4 Å². The lowest BCUT2D eigenvalue weighted by atomic mass is 10.2. The van der Waals surface area contributed by atoms with Crippen molar-refractivity contribution in [2.45, 2.75) is 26.4 Å². The lowest BCUT2D eigenvalue weighted by Crippen LogP contribution is -2.48. The van der Waals surface area contributed by atoms with E-state index in [0.29, 0.717) is 12.2 Å². The molecule has 1 unspecified atom stereocenters. The molecular weight excluding hydrogens is 336 g/mol. The van der Waals surface area contributed by atoms with Crippen LogP contribution < -0.4 is 4.31 Å². The largest absolute Gasteiger partial charge is 0.340 e. The summed E-state index contributed by atoms with van der Waals surface area (Å²) >= 11 is 0. The number of benzene rings is 2. The Morgan fingerprint density at radius 3 is 2.28 bits per heavy atom. The fourth-order valence-electron chi connectivity index (χ4n) is 2.82. The number of likely N-dealkylation sites (N-methyl/N-ethyl adjacent to an activating group) is 1. The summed E-state index contributed by atoms with van der Waals surface area (Å²) in [6, 6.07) is 15.9. The lowest BCUT2D eigenvalue weighted by molar-refractivity contribution is -0.131. The molecule has 25 heavy (non-hydrogen) atoms. The minimum absolute atomic E-state index is 0.254. The van der Waals surface area contributed by atoms with Crippen LogP contribution >= 0.6 is 0 Å². The summed E-state index contributed by atoms with van der Waals surface area (Å²) in [5.41, 5.74) is 2.42. The number of nitrogens with zero attached hydrogens (tertiary/aromatic N) is 2. The molecule has 0 aliphatic rings. The van der Waals surface area contributed by atoms with Gasteiger partial charge in [-0.25, -0.2) is 8.42 Å². The minimum atomic E-state index is -3.60. The van der Waals surface area contributed by atoms with Gasteiger partial charge in [0.2, 0.25) is 15.9 Å². The molecule has 2 aromatic carbocycles. The van der Waals surface area contributed by atoms with Gasteiger partial charge in [-0.05, 0) is 37.1 Å². The second kappa shape index (κ2) is 7.70. The van der Waals surface area contributed by atoms with Gasteiger partial charge in [-0.1, -0.05) is 42.5 Å². The third-order valence-corrected chi connectivity index (χ3v) is 5.20. The van der Waals surface area contributed by atoms with E-state index < -0.39 is 16.1 Å². The van der Waals surface area contributed by atoms with E-state index in [4.69, 9.17) is 0 Å². The standard InChI is InChI=1S/C19H24N2O3S/c1-15-9-8-12-18(13-15)21(25(4,23)24)16(2)19(22)20(3)14-17-10-6-5-7-11-17/h5-13,16H,14H2,1-4H3. The third kappa shape index (κ3) is 4.82. The minimum Gasteiger partial charge on any atom is -0.340 e. The Balaban J connectivity index is 2.27. The van der Waals surface area contributed by atoms with Crippen LogP contribution in [-0.4, -0.2) is 38.6 Å². The molecule has 0 aromatic heterocycles. The monoisotopic (exact) mass is 360 g/mol. The Kier molecular flexibility index (Phi) is 5.85. The van der Waals surface area contributed by atoms with Gasteiger partial charge in [-0.2, -0.15) is 0 Å². The molecule has 6 heteroatoms. The molecule has 0 radical (unpaired) electrons. The van der Waals surface area contributed by atoms with E-state index in [2.05, 4.69) is 0 Å². The summed E-state index contributed by atoms with van der Waals surface area (Å²) < 4.78 is 25.8. The van der Waals surface area contributed by atoms with Gasteiger partial charge in [0, 0.05) is 13.6 Å². The van der Waals surface area contributed by atoms with E-state index in [1.54, 1.807) is 37.1 Å². The molecule has 0 aliphatic heterocycles. The number of amides is 1. The molecule has 2 aromatic rings. The zero-order valence-corrected chi connectivity index (χ0v) is 15.8. The zero-order chi connectivity index (χ0) is 18.6. The number of hydrogen-bond acceptors (Lipinski definition) is 3. The number of hydrogen-bond donors (Lipinski definition) is 0. The van der Waals surface area contributed by atoms with Crippen molar-refractivity contribution in [1.82, 2.24) is 4.90 Å². The number of rotatable bonds is 6. The van der Waals surface area contributed by atoms with Crippen LogP contribution in [0.1, 0.15) is 18.1 Å². The molecule has 0 saturated carbocycles. The van der Waals surface area contributed by atoms with Gasteiger partial charge in [0.25, 0.3) is 0 Å². The molecule has 0 aliphatic carbocycles. The third-order valence-electron chi connectivity index (χ3n) is 3.96. The fourth-order valence-corrected chi connectivity index (χ4v) is 3.98. The maximum Gasteiger partial charge on any atom is 0.246 e. The number of aryl methyl sites for hydroxylation is 1. The zero-order valence-electron chi connectivity index (χ0n) is 15.0. The number of carbonyl (C=O) groups excluding carboxylic acids is 1. The summed E-state index contributed by atoms with van der Waals surface area (Å²) in [4.78, 5) is 14.4. The van der Waals surface area contributed by atoms with Crippen molar-refractivity contribution >= 4 is 21.6 Å². The maximum atomic E-state index is 12.8. The molecular formula is C19H24N2O3S. The molecule has 0 N–H and O–H groups in total.